The van der Waals surface area contributed by atoms with Gasteiger partial charge in [-0.2, -0.15) is 0 Å². The highest BCUT2D eigenvalue weighted by Crippen LogP contribution is 1.94. The molecule has 0 atom stereocenters. The second kappa shape index (κ2) is 2.53. The van der Waals surface area contributed by atoms with Crippen LogP contribution in [0.2, 0.25) is 0 Å². The van der Waals surface area contributed by atoms with Crippen molar-refractivity contribution in [1.82, 2.24) is 0 Å². The Bertz CT molecular complexity index is 147. The molecule has 0 heterocycles. The molecule has 0 aromatic heterocycles. The zero-order valence-corrected chi connectivity index (χ0v) is 5.90. The maximum absolute atomic E-state index is 10.2. The third-order valence-electron chi connectivity index (χ3n) is 0.566. The number of hydrogen-bond donors (Lipinski definition) is 0. The molecule has 0 aromatic rings. The third-order valence-corrected chi connectivity index (χ3v) is 1.70. The van der Waals surface area contributed by atoms with Crippen LogP contribution < -0.4 is 0 Å². The smallest absolute Gasteiger partial charge is 0.243 e. The molecular weight excluding hydrogens is 123 g/mol. The average molecular weight is 132 g/mol. The summed E-state index contributed by atoms with van der Waals surface area (Å²) in [6.45, 7) is 3.62. The first-order valence-corrected chi connectivity index (χ1v) is 4.14. The predicted octanol–water partition coefficient (Wildman–Crippen LogP) is 0.141. The van der Waals surface area contributed by atoms with Gasteiger partial charge >= 0.3 is 0 Å². The zero-order chi connectivity index (χ0) is 6.78. The van der Waals surface area contributed by atoms with Crippen LogP contribution >= 0.6 is 0 Å². The van der Waals surface area contributed by atoms with Crippen molar-refractivity contribution in [2.24, 2.45) is 5.92 Å². The summed E-state index contributed by atoms with van der Waals surface area (Å²) in [5.74, 6) is 0.206. The minimum Gasteiger partial charge on any atom is -0.243 e. The molecule has 0 aliphatic rings. The van der Waals surface area contributed by atoms with Crippen LogP contribution in [-0.4, -0.2) is 21.3 Å². The van der Waals surface area contributed by atoms with Crippen LogP contribution in [0.25, 0.3) is 0 Å². The molecule has 0 spiro atoms. The molecule has 0 fully saturated rings. The summed E-state index contributed by atoms with van der Waals surface area (Å²) < 4.78 is 20.4. The van der Waals surface area contributed by atoms with Gasteiger partial charge in [-0.3, -0.25) is 0 Å². The van der Waals surface area contributed by atoms with E-state index in [0.717, 1.165) is 0 Å². The molecule has 0 saturated heterocycles. The van der Waals surface area contributed by atoms with Crippen molar-refractivity contribution in [2.45, 2.75) is 13.8 Å². The van der Waals surface area contributed by atoms with Gasteiger partial charge in [-0.1, -0.05) is 13.8 Å². The average Bonchev–Trinajstić information content (AvgIpc) is 1.21. The maximum atomic E-state index is 10.2. The molecule has 0 bridgehead atoms. The van der Waals surface area contributed by atoms with Crippen molar-refractivity contribution in [2.75, 3.05) is 5.75 Å². The van der Waals surface area contributed by atoms with Gasteiger partial charge in [0.25, 0.3) is 7.12 Å². The topological polar surface area (TPSA) is 34.1 Å². The molecule has 0 saturated carbocycles. The molecule has 4 heteroatoms. The van der Waals surface area contributed by atoms with E-state index in [1.54, 1.807) is 0 Å². The van der Waals surface area contributed by atoms with Crippen LogP contribution in [0.5, 0.6) is 0 Å². The van der Waals surface area contributed by atoms with Crippen molar-refractivity contribution in [1.29, 1.82) is 0 Å². The van der Waals surface area contributed by atoms with Crippen molar-refractivity contribution < 1.29 is 8.42 Å². The van der Waals surface area contributed by atoms with Gasteiger partial charge in [0, 0.05) is 5.75 Å². The maximum Gasteiger partial charge on any atom is 0.254 e. The fourth-order valence-corrected chi connectivity index (χ4v) is 1.39. The Morgan fingerprint density at radius 2 is 1.88 bits per heavy atom. The first-order valence-electron chi connectivity index (χ1n) is 2.42. The molecule has 0 aromatic carbocycles. The second-order valence-corrected chi connectivity index (χ2v) is 3.88. The summed E-state index contributed by atoms with van der Waals surface area (Å²) in [6.07, 6.45) is 0. The monoisotopic (exact) mass is 132 g/mol. The molecule has 0 N–H and O–H groups in total. The quantitative estimate of drug-likeness (QED) is 0.501. The van der Waals surface area contributed by atoms with Gasteiger partial charge in [-0.05, 0) is 5.92 Å². The van der Waals surface area contributed by atoms with E-state index in [1.165, 1.54) is 0 Å². The SMILES string of the molecule is [B]S(=O)(=O)CC(C)C. The summed E-state index contributed by atoms with van der Waals surface area (Å²) in [5, 5.41) is 0. The number of rotatable bonds is 2. The van der Waals surface area contributed by atoms with E-state index < -0.39 is 9.69 Å². The van der Waals surface area contributed by atoms with E-state index in [4.69, 9.17) is 7.12 Å². The van der Waals surface area contributed by atoms with Crippen LogP contribution in [0.15, 0.2) is 0 Å². The van der Waals surface area contributed by atoms with Crippen molar-refractivity contribution in [3.05, 3.63) is 0 Å². The Morgan fingerprint density at radius 1 is 1.50 bits per heavy atom. The lowest BCUT2D eigenvalue weighted by atomic mass is 10.3. The van der Waals surface area contributed by atoms with Crippen LogP contribution in [0, 0.1) is 5.92 Å². The molecule has 0 amide bonds. The standard InChI is InChI=1S/C4H9BO2S/c1-4(2)3-8(5,6)7/h4H,3H2,1-2H3. The fraction of sp³-hybridized carbons (Fsp3) is 1.00. The summed E-state index contributed by atoms with van der Waals surface area (Å²) in [5.41, 5.74) is 0. The Hall–Kier alpha value is 0.0149. The molecule has 2 nitrogen and oxygen atoms in total. The molecule has 46 valence electrons. The Kier molecular flexibility index (Phi) is 2.54. The normalized spacial score (nSPS) is 12.4. The molecule has 2 radical (unpaired) electrons. The fourth-order valence-electron chi connectivity index (χ4n) is 0.465. The van der Waals surface area contributed by atoms with Gasteiger partial charge in [0.2, 0.25) is 0 Å². The van der Waals surface area contributed by atoms with E-state index in [1.807, 2.05) is 13.8 Å². The van der Waals surface area contributed by atoms with Crippen LogP contribution in [0.1, 0.15) is 13.8 Å². The van der Waals surface area contributed by atoms with E-state index in [2.05, 4.69) is 0 Å². The molecule has 0 rings (SSSR count). The first kappa shape index (κ1) is 8.01. The Labute approximate surface area is 51.5 Å². The Balaban J connectivity index is 3.75. The molecule has 0 aliphatic carbocycles. The minimum atomic E-state index is -3.22. The summed E-state index contributed by atoms with van der Waals surface area (Å²) in [6, 6.07) is 0. The molecule has 0 unspecified atom stereocenters. The van der Waals surface area contributed by atoms with Gasteiger partial charge in [0.1, 0.15) is 0 Å². The lowest BCUT2D eigenvalue weighted by molar-refractivity contribution is 0.596. The summed E-state index contributed by atoms with van der Waals surface area (Å²) >= 11 is 0. The lowest BCUT2D eigenvalue weighted by Gasteiger charge is -1.99. The molecular formula is C4H9BO2S. The van der Waals surface area contributed by atoms with E-state index in [-0.39, 0.29) is 11.7 Å². The highest BCUT2D eigenvalue weighted by Gasteiger charge is 2.03. The Morgan fingerprint density at radius 3 is 1.88 bits per heavy atom. The summed E-state index contributed by atoms with van der Waals surface area (Å²) in [4.78, 5) is 0. The molecule has 0 aliphatic heterocycles. The van der Waals surface area contributed by atoms with Gasteiger partial charge in [0.05, 0.1) is 9.69 Å². The van der Waals surface area contributed by atoms with Gasteiger partial charge in [-0.25, -0.2) is 8.42 Å². The zero-order valence-electron chi connectivity index (χ0n) is 5.09. The van der Waals surface area contributed by atoms with Crippen LogP contribution in [0.4, 0.5) is 0 Å². The second-order valence-electron chi connectivity index (χ2n) is 2.22. The van der Waals surface area contributed by atoms with Crippen LogP contribution in [-0.2, 0) is 9.69 Å². The molecule has 8 heavy (non-hydrogen) atoms. The van der Waals surface area contributed by atoms with Gasteiger partial charge in [-0.15, -0.1) is 0 Å². The van der Waals surface area contributed by atoms with Crippen molar-refractivity contribution in [3.8, 4) is 0 Å². The predicted molar refractivity (Wildman–Crippen MR) is 34.4 cm³/mol. The highest BCUT2D eigenvalue weighted by atomic mass is 32.2. The summed E-state index contributed by atoms with van der Waals surface area (Å²) in [7, 11) is 1.49. The van der Waals surface area contributed by atoms with E-state index in [0.29, 0.717) is 0 Å². The first-order chi connectivity index (χ1) is 3.42. The van der Waals surface area contributed by atoms with E-state index in [9.17, 15) is 8.42 Å². The van der Waals surface area contributed by atoms with Crippen molar-refractivity contribution >= 4 is 16.8 Å². The largest absolute Gasteiger partial charge is 0.254 e. The van der Waals surface area contributed by atoms with Crippen LogP contribution in [0.3, 0.4) is 0 Å². The minimum absolute atomic E-state index is 0.0764. The third kappa shape index (κ3) is 6.01. The van der Waals surface area contributed by atoms with Gasteiger partial charge in [0.15, 0.2) is 0 Å². The van der Waals surface area contributed by atoms with Crippen molar-refractivity contribution in [3.63, 3.8) is 0 Å². The lowest BCUT2D eigenvalue weighted by Crippen LogP contribution is -2.09. The van der Waals surface area contributed by atoms with Gasteiger partial charge < -0.3 is 0 Å². The number of hydrogen-bond acceptors (Lipinski definition) is 2. The highest BCUT2D eigenvalue weighted by molar-refractivity contribution is 8.12. The van der Waals surface area contributed by atoms with E-state index >= 15 is 0 Å².